The number of nitrogens with zero attached hydrogens (tertiary/aromatic N) is 2. The van der Waals surface area contributed by atoms with Gasteiger partial charge in [0.25, 0.3) is 5.69 Å². The van der Waals surface area contributed by atoms with Crippen molar-refractivity contribution in [3.05, 3.63) is 86.6 Å². The van der Waals surface area contributed by atoms with Gasteiger partial charge in [-0.25, -0.2) is 4.79 Å². The van der Waals surface area contributed by atoms with Crippen molar-refractivity contribution in [2.24, 2.45) is 0 Å². The van der Waals surface area contributed by atoms with Crippen molar-refractivity contribution in [2.45, 2.75) is 0 Å². The third kappa shape index (κ3) is 3.92. The highest BCUT2D eigenvalue weighted by Gasteiger charge is 2.13. The number of benzene rings is 2. The molecule has 3 aromatic rings. The Hall–Kier alpha value is -3.89. The number of carbonyl (C=O) groups is 1. The molecular weight excluding hydrogens is 384 g/mol. The molecular formula is C20H11ClN2O5. The van der Waals surface area contributed by atoms with E-state index in [1.165, 1.54) is 48.5 Å². The molecule has 0 fully saturated rings. The first-order valence-corrected chi connectivity index (χ1v) is 8.26. The summed E-state index contributed by atoms with van der Waals surface area (Å²) in [6.07, 6.45) is 1.49. The van der Waals surface area contributed by atoms with E-state index in [0.717, 1.165) is 0 Å². The van der Waals surface area contributed by atoms with Gasteiger partial charge in [-0.3, -0.25) is 10.1 Å². The number of hydrogen-bond acceptors (Lipinski definition) is 5. The Morgan fingerprint density at radius 1 is 1.14 bits per heavy atom. The molecule has 28 heavy (non-hydrogen) atoms. The Balaban J connectivity index is 1.95. The first-order valence-electron chi connectivity index (χ1n) is 7.88. The fraction of sp³-hybridized carbons (Fsp3) is 0. The smallest absolute Gasteiger partial charge is 0.335 e. The topological polar surface area (TPSA) is 117 Å². The van der Waals surface area contributed by atoms with Crippen molar-refractivity contribution in [3.8, 4) is 17.4 Å². The molecule has 0 aliphatic rings. The molecule has 8 heteroatoms. The SMILES string of the molecule is N#C/C(=C/c1ccc(-c2cc(C(=O)O)ccc2Cl)o1)c1ccc([N+](=O)[O-])cc1. The first-order chi connectivity index (χ1) is 13.4. The van der Waals surface area contributed by atoms with E-state index < -0.39 is 10.9 Å². The van der Waals surface area contributed by atoms with Crippen molar-refractivity contribution in [1.29, 1.82) is 5.26 Å². The van der Waals surface area contributed by atoms with Crippen LogP contribution in [0, 0.1) is 21.4 Å². The summed E-state index contributed by atoms with van der Waals surface area (Å²) in [5.74, 6) is -0.392. The highest BCUT2D eigenvalue weighted by Crippen LogP contribution is 2.31. The largest absolute Gasteiger partial charge is 0.478 e. The number of hydrogen-bond donors (Lipinski definition) is 1. The van der Waals surface area contributed by atoms with Crippen molar-refractivity contribution < 1.29 is 19.2 Å². The van der Waals surface area contributed by atoms with Gasteiger partial charge < -0.3 is 9.52 Å². The van der Waals surface area contributed by atoms with Crippen LogP contribution in [-0.2, 0) is 0 Å². The van der Waals surface area contributed by atoms with Crippen LogP contribution in [0.4, 0.5) is 5.69 Å². The lowest BCUT2D eigenvalue weighted by Gasteiger charge is -2.03. The van der Waals surface area contributed by atoms with Crippen LogP contribution >= 0.6 is 11.6 Å². The minimum Gasteiger partial charge on any atom is -0.478 e. The van der Waals surface area contributed by atoms with E-state index in [4.69, 9.17) is 21.1 Å². The molecule has 0 atom stereocenters. The summed E-state index contributed by atoms with van der Waals surface area (Å²) in [6.45, 7) is 0. The Bertz CT molecular complexity index is 1140. The van der Waals surface area contributed by atoms with E-state index in [-0.39, 0.29) is 16.8 Å². The molecule has 0 spiro atoms. The standard InChI is InChI=1S/C20H11ClN2O5/c21-18-7-3-13(20(24)25)10-17(18)19-8-6-16(28-19)9-14(11-22)12-1-4-15(5-2-12)23(26)27/h1-10H,(H,24,25)/b14-9-. The van der Waals surface area contributed by atoms with Crippen LogP contribution in [0.5, 0.6) is 0 Å². The molecule has 138 valence electrons. The zero-order valence-electron chi connectivity index (χ0n) is 14.1. The van der Waals surface area contributed by atoms with Gasteiger partial charge in [0.05, 0.1) is 27.2 Å². The number of aromatic carboxylic acids is 1. The predicted octanol–water partition coefficient (Wildman–Crippen LogP) is 5.27. The van der Waals surface area contributed by atoms with E-state index in [2.05, 4.69) is 0 Å². The molecule has 0 bridgehead atoms. The number of halogens is 1. The summed E-state index contributed by atoms with van der Waals surface area (Å²) in [6, 6.07) is 15.1. The van der Waals surface area contributed by atoms with Gasteiger partial charge in [-0.1, -0.05) is 11.6 Å². The van der Waals surface area contributed by atoms with E-state index in [1.54, 1.807) is 12.1 Å². The first kappa shape index (κ1) is 18.9. The summed E-state index contributed by atoms with van der Waals surface area (Å²) >= 11 is 6.14. The third-order valence-corrected chi connectivity index (χ3v) is 4.23. The molecule has 0 aliphatic carbocycles. The maximum Gasteiger partial charge on any atom is 0.335 e. The highest BCUT2D eigenvalue weighted by molar-refractivity contribution is 6.33. The van der Waals surface area contributed by atoms with Crippen LogP contribution < -0.4 is 0 Å². The maximum absolute atomic E-state index is 11.1. The Labute approximate surface area is 163 Å². The van der Waals surface area contributed by atoms with Crippen molar-refractivity contribution >= 4 is 34.9 Å². The quantitative estimate of drug-likeness (QED) is 0.357. The van der Waals surface area contributed by atoms with Gasteiger partial charge in [-0.05, 0) is 54.1 Å². The molecule has 3 rings (SSSR count). The van der Waals surface area contributed by atoms with Crippen molar-refractivity contribution in [2.75, 3.05) is 0 Å². The Morgan fingerprint density at radius 2 is 1.82 bits per heavy atom. The van der Waals surface area contributed by atoms with E-state index in [9.17, 15) is 20.2 Å². The summed E-state index contributed by atoms with van der Waals surface area (Å²) in [7, 11) is 0. The Kier molecular flexibility index (Phi) is 5.25. The summed E-state index contributed by atoms with van der Waals surface area (Å²) < 4.78 is 5.69. The lowest BCUT2D eigenvalue weighted by Crippen LogP contribution is -1.96. The summed E-state index contributed by atoms with van der Waals surface area (Å²) in [4.78, 5) is 21.4. The molecule has 2 aromatic carbocycles. The number of nitro benzene ring substituents is 1. The maximum atomic E-state index is 11.1. The lowest BCUT2D eigenvalue weighted by molar-refractivity contribution is -0.384. The summed E-state index contributed by atoms with van der Waals surface area (Å²) in [5, 5.41) is 29.6. The number of carboxylic acid groups (broad SMARTS) is 1. The molecule has 0 radical (unpaired) electrons. The number of nitro groups is 1. The monoisotopic (exact) mass is 394 g/mol. The number of nitriles is 1. The van der Waals surface area contributed by atoms with Gasteiger partial charge in [0.1, 0.15) is 11.5 Å². The average Bonchev–Trinajstić information content (AvgIpc) is 3.14. The third-order valence-electron chi connectivity index (χ3n) is 3.90. The molecule has 7 nitrogen and oxygen atoms in total. The van der Waals surface area contributed by atoms with Crippen molar-refractivity contribution in [3.63, 3.8) is 0 Å². The van der Waals surface area contributed by atoms with Gasteiger partial charge in [0.15, 0.2) is 0 Å². The normalized spacial score (nSPS) is 11.1. The van der Waals surface area contributed by atoms with Gasteiger partial charge in [0.2, 0.25) is 0 Å². The number of non-ortho nitro benzene ring substituents is 1. The zero-order valence-corrected chi connectivity index (χ0v) is 14.9. The van der Waals surface area contributed by atoms with Crippen LogP contribution in [-0.4, -0.2) is 16.0 Å². The van der Waals surface area contributed by atoms with Gasteiger partial charge >= 0.3 is 5.97 Å². The zero-order chi connectivity index (χ0) is 20.3. The number of carboxylic acids is 1. The van der Waals surface area contributed by atoms with Crippen molar-refractivity contribution in [1.82, 2.24) is 0 Å². The molecule has 0 unspecified atom stereocenters. The summed E-state index contributed by atoms with van der Waals surface area (Å²) in [5.41, 5.74) is 1.15. The fourth-order valence-corrected chi connectivity index (χ4v) is 2.72. The van der Waals surface area contributed by atoms with E-state index in [1.807, 2.05) is 6.07 Å². The molecule has 1 aromatic heterocycles. The lowest BCUT2D eigenvalue weighted by atomic mass is 10.1. The molecule has 0 amide bonds. The number of rotatable bonds is 5. The minimum atomic E-state index is -1.09. The molecule has 0 saturated carbocycles. The predicted molar refractivity (Wildman–Crippen MR) is 103 cm³/mol. The van der Waals surface area contributed by atoms with Crippen LogP contribution in [0.25, 0.3) is 23.0 Å². The van der Waals surface area contributed by atoms with Gasteiger partial charge in [0, 0.05) is 17.7 Å². The van der Waals surface area contributed by atoms with Gasteiger partial charge in [-0.15, -0.1) is 0 Å². The molecule has 0 aliphatic heterocycles. The van der Waals surface area contributed by atoms with Crippen LogP contribution in [0.3, 0.4) is 0 Å². The molecule has 1 N–H and O–H groups in total. The van der Waals surface area contributed by atoms with E-state index in [0.29, 0.717) is 27.7 Å². The molecule has 1 heterocycles. The second kappa shape index (κ2) is 7.78. The van der Waals surface area contributed by atoms with Crippen LogP contribution in [0.2, 0.25) is 5.02 Å². The number of allylic oxidation sites excluding steroid dienone is 1. The second-order valence-electron chi connectivity index (χ2n) is 5.68. The van der Waals surface area contributed by atoms with Crippen LogP contribution in [0.15, 0.2) is 59.0 Å². The Morgan fingerprint density at radius 3 is 2.43 bits per heavy atom. The van der Waals surface area contributed by atoms with Gasteiger partial charge in [-0.2, -0.15) is 5.26 Å². The van der Waals surface area contributed by atoms with E-state index >= 15 is 0 Å². The minimum absolute atomic E-state index is 0.0662. The molecule has 0 saturated heterocycles. The number of furan rings is 1. The fourth-order valence-electron chi connectivity index (χ4n) is 2.51. The van der Waals surface area contributed by atoms with Crippen LogP contribution in [0.1, 0.15) is 21.7 Å². The highest BCUT2D eigenvalue weighted by atomic mass is 35.5. The second-order valence-corrected chi connectivity index (χ2v) is 6.08. The average molecular weight is 395 g/mol.